The summed E-state index contributed by atoms with van der Waals surface area (Å²) < 4.78 is 4.28. The minimum atomic E-state index is 0.947. The fraction of sp³-hybridized carbons (Fsp3) is 0.300. The van der Waals surface area contributed by atoms with E-state index in [9.17, 15) is 0 Å². The molecule has 0 aliphatic carbocycles. The minimum absolute atomic E-state index is 0.947. The van der Waals surface area contributed by atoms with Crippen LogP contribution in [0.15, 0.2) is 17.5 Å². The molecular formula is C10H12N2S2. The fourth-order valence-electron chi connectivity index (χ4n) is 1.28. The summed E-state index contributed by atoms with van der Waals surface area (Å²) in [5.74, 6) is 0. The van der Waals surface area contributed by atoms with Crippen molar-refractivity contribution in [1.82, 2.24) is 9.69 Å². The monoisotopic (exact) mass is 224 g/mol. The van der Waals surface area contributed by atoms with Gasteiger partial charge in [0.2, 0.25) is 0 Å². The normalized spacial score (nSPS) is 10.7. The Bertz CT molecular complexity index is 417. The lowest BCUT2D eigenvalue weighted by atomic mass is 10.2. The molecule has 0 saturated heterocycles. The second-order valence-electron chi connectivity index (χ2n) is 3.16. The summed E-state index contributed by atoms with van der Waals surface area (Å²) in [4.78, 5) is 2.63. The van der Waals surface area contributed by atoms with E-state index >= 15 is 0 Å². The third kappa shape index (κ3) is 2.03. The van der Waals surface area contributed by atoms with Gasteiger partial charge in [0.15, 0.2) is 0 Å². The molecule has 4 heteroatoms. The lowest BCUT2D eigenvalue weighted by Crippen LogP contribution is -2.02. The van der Waals surface area contributed by atoms with Crippen molar-refractivity contribution in [3.05, 3.63) is 28.1 Å². The molecule has 0 spiro atoms. The van der Waals surface area contributed by atoms with E-state index in [1.54, 1.807) is 22.9 Å². The third-order valence-corrected chi connectivity index (χ3v) is 3.78. The molecule has 74 valence electrons. The molecule has 0 aromatic carbocycles. The number of aryl methyl sites for hydroxylation is 1. The molecule has 1 N–H and O–H groups in total. The second-order valence-corrected chi connectivity index (χ2v) is 4.97. The average Bonchev–Trinajstić information content (AvgIpc) is 2.74. The number of hydrogen-bond donors (Lipinski definition) is 1. The summed E-state index contributed by atoms with van der Waals surface area (Å²) in [6, 6.07) is 4.37. The second kappa shape index (κ2) is 4.21. The van der Waals surface area contributed by atoms with Crippen molar-refractivity contribution < 1.29 is 0 Å². The lowest BCUT2D eigenvalue weighted by molar-refractivity contribution is 0.832. The largest absolute Gasteiger partial charge is 0.315 e. The molecule has 2 aromatic heterocycles. The van der Waals surface area contributed by atoms with Crippen LogP contribution in [0.4, 0.5) is 0 Å². The molecule has 0 amide bonds. The number of aromatic nitrogens is 1. The predicted molar refractivity (Wildman–Crippen MR) is 62.9 cm³/mol. The van der Waals surface area contributed by atoms with Crippen LogP contribution in [0.5, 0.6) is 0 Å². The number of nitrogens with one attached hydrogen (secondary N) is 1. The van der Waals surface area contributed by atoms with Gasteiger partial charge in [-0.2, -0.15) is 4.37 Å². The van der Waals surface area contributed by atoms with Crippen molar-refractivity contribution in [3.63, 3.8) is 0 Å². The highest BCUT2D eigenvalue weighted by Gasteiger charge is 2.04. The smallest absolute Gasteiger partial charge is 0.0561 e. The minimum Gasteiger partial charge on any atom is -0.315 e. The van der Waals surface area contributed by atoms with Gasteiger partial charge in [-0.1, -0.05) is 0 Å². The van der Waals surface area contributed by atoms with Gasteiger partial charge < -0.3 is 5.32 Å². The van der Waals surface area contributed by atoms with Gasteiger partial charge in [0.25, 0.3) is 0 Å². The van der Waals surface area contributed by atoms with E-state index in [0.29, 0.717) is 0 Å². The quantitative estimate of drug-likeness (QED) is 0.867. The van der Waals surface area contributed by atoms with Crippen LogP contribution in [0, 0.1) is 6.92 Å². The first kappa shape index (κ1) is 9.83. The van der Waals surface area contributed by atoms with E-state index in [-0.39, 0.29) is 0 Å². The van der Waals surface area contributed by atoms with Crippen LogP contribution < -0.4 is 5.32 Å². The van der Waals surface area contributed by atoms with E-state index < -0.39 is 0 Å². The van der Waals surface area contributed by atoms with Crippen LogP contribution in [-0.4, -0.2) is 11.4 Å². The zero-order chi connectivity index (χ0) is 9.97. The number of hydrogen-bond acceptors (Lipinski definition) is 4. The van der Waals surface area contributed by atoms with Crippen LogP contribution in [0.1, 0.15) is 10.6 Å². The molecule has 14 heavy (non-hydrogen) atoms. The van der Waals surface area contributed by atoms with Gasteiger partial charge in [-0.15, -0.1) is 11.3 Å². The van der Waals surface area contributed by atoms with Crippen LogP contribution in [-0.2, 0) is 6.54 Å². The van der Waals surface area contributed by atoms with Gasteiger partial charge in [-0.3, -0.25) is 0 Å². The maximum atomic E-state index is 4.28. The van der Waals surface area contributed by atoms with Crippen LogP contribution >= 0.6 is 22.9 Å². The Morgan fingerprint density at radius 2 is 2.29 bits per heavy atom. The topological polar surface area (TPSA) is 24.9 Å². The predicted octanol–water partition coefficient (Wildman–Crippen LogP) is 2.90. The molecule has 0 aliphatic rings. The molecule has 2 heterocycles. The molecule has 2 aromatic rings. The van der Waals surface area contributed by atoms with Gasteiger partial charge in [0.05, 0.1) is 10.6 Å². The summed E-state index contributed by atoms with van der Waals surface area (Å²) in [5, 5.41) is 5.35. The van der Waals surface area contributed by atoms with E-state index in [1.165, 1.54) is 15.3 Å². The Balaban J connectivity index is 2.24. The molecule has 0 atom stereocenters. The molecule has 0 radical (unpaired) electrons. The third-order valence-electron chi connectivity index (χ3n) is 1.92. The van der Waals surface area contributed by atoms with Crippen molar-refractivity contribution in [2.24, 2.45) is 0 Å². The zero-order valence-electron chi connectivity index (χ0n) is 8.20. The van der Waals surface area contributed by atoms with Gasteiger partial charge in [-0.25, -0.2) is 0 Å². The van der Waals surface area contributed by atoms with Crippen molar-refractivity contribution in [1.29, 1.82) is 0 Å². The summed E-state index contributed by atoms with van der Waals surface area (Å²) >= 11 is 3.36. The number of nitrogens with zero attached hydrogens (tertiary/aromatic N) is 1. The molecule has 2 nitrogen and oxygen atoms in total. The molecule has 0 saturated carbocycles. The highest BCUT2D eigenvalue weighted by atomic mass is 32.1. The number of rotatable bonds is 3. The van der Waals surface area contributed by atoms with Crippen molar-refractivity contribution in [3.8, 4) is 10.4 Å². The highest BCUT2D eigenvalue weighted by molar-refractivity contribution is 7.12. The Morgan fingerprint density at radius 1 is 1.43 bits per heavy atom. The zero-order valence-corrected chi connectivity index (χ0v) is 9.84. The lowest BCUT2D eigenvalue weighted by Gasteiger charge is -1.91. The average molecular weight is 224 g/mol. The summed E-state index contributed by atoms with van der Waals surface area (Å²) in [6.45, 7) is 2.98. The summed E-state index contributed by atoms with van der Waals surface area (Å²) in [7, 11) is 1.97. The van der Waals surface area contributed by atoms with Crippen molar-refractivity contribution in [2.75, 3.05) is 7.05 Å². The van der Waals surface area contributed by atoms with Gasteiger partial charge in [-0.05, 0) is 43.0 Å². The van der Waals surface area contributed by atoms with E-state index in [0.717, 1.165) is 12.2 Å². The molecule has 0 fully saturated rings. The Kier molecular flexibility index (Phi) is 2.96. The first-order valence-electron chi connectivity index (χ1n) is 4.45. The van der Waals surface area contributed by atoms with E-state index in [2.05, 4.69) is 27.2 Å². The Labute approximate surface area is 91.8 Å². The molecule has 0 aliphatic heterocycles. The molecular weight excluding hydrogens is 212 g/mol. The summed E-state index contributed by atoms with van der Waals surface area (Å²) in [5.41, 5.74) is 2.40. The van der Waals surface area contributed by atoms with Gasteiger partial charge >= 0.3 is 0 Å². The van der Waals surface area contributed by atoms with E-state index in [1.807, 2.05) is 14.0 Å². The highest BCUT2D eigenvalue weighted by Crippen LogP contribution is 2.28. The first-order valence-corrected chi connectivity index (χ1v) is 6.10. The van der Waals surface area contributed by atoms with Crippen molar-refractivity contribution in [2.45, 2.75) is 13.5 Å². The van der Waals surface area contributed by atoms with Crippen LogP contribution in [0.25, 0.3) is 10.4 Å². The molecule has 2 rings (SSSR count). The SMILES string of the molecule is CNCc1cc(-c2cc(C)ns2)cs1. The number of thiophene rings is 1. The van der Waals surface area contributed by atoms with Crippen LogP contribution in [0.2, 0.25) is 0 Å². The fourth-order valence-corrected chi connectivity index (χ4v) is 2.99. The van der Waals surface area contributed by atoms with Gasteiger partial charge in [0, 0.05) is 17.0 Å². The summed E-state index contributed by atoms with van der Waals surface area (Å²) in [6.07, 6.45) is 0. The Morgan fingerprint density at radius 3 is 2.93 bits per heavy atom. The van der Waals surface area contributed by atoms with E-state index in [4.69, 9.17) is 0 Å². The Hall–Kier alpha value is -0.710. The maximum absolute atomic E-state index is 4.28. The molecule has 0 unspecified atom stereocenters. The van der Waals surface area contributed by atoms with Crippen molar-refractivity contribution >= 4 is 22.9 Å². The standard InChI is InChI=1S/C10H12N2S2/c1-7-3-10(14-12-7)8-4-9(5-11-2)13-6-8/h3-4,6,11H,5H2,1-2H3. The van der Waals surface area contributed by atoms with Gasteiger partial charge in [0.1, 0.15) is 0 Å². The maximum Gasteiger partial charge on any atom is 0.0561 e. The van der Waals surface area contributed by atoms with Crippen LogP contribution in [0.3, 0.4) is 0 Å². The molecule has 0 bridgehead atoms. The first-order chi connectivity index (χ1) is 6.79.